The molecule has 3 rings (SSSR count). The van der Waals surface area contributed by atoms with Gasteiger partial charge in [0.15, 0.2) is 0 Å². The molecule has 2 heterocycles. The highest BCUT2D eigenvalue weighted by atomic mass is 79.9. The molecule has 0 spiro atoms. The number of para-hydroxylation sites is 1. The molecular weight excluding hydrogens is 382 g/mol. The fourth-order valence-electron chi connectivity index (χ4n) is 1.99. The molecule has 0 amide bonds. The first-order chi connectivity index (χ1) is 9.65. The van der Waals surface area contributed by atoms with Gasteiger partial charge in [-0.1, -0.05) is 12.1 Å². The average Bonchev–Trinajstić information content (AvgIpc) is 2.44. The van der Waals surface area contributed by atoms with Crippen molar-refractivity contribution < 1.29 is 0 Å². The summed E-state index contributed by atoms with van der Waals surface area (Å²) in [6.07, 6.45) is 3.59. The zero-order valence-electron chi connectivity index (χ0n) is 10.7. The zero-order valence-corrected chi connectivity index (χ0v) is 13.9. The molecule has 20 heavy (non-hydrogen) atoms. The normalized spacial score (nSPS) is 10.8. The lowest BCUT2D eigenvalue weighted by atomic mass is 10.2. The number of hydrogen-bond donors (Lipinski definition) is 1. The minimum absolute atomic E-state index is 0.794. The van der Waals surface area contributed by atoms with E-state index in [0.717, 1.165) is 36.9 Å². The highest BCUT2D eigenvalue weighted by Crippen LogP contribution is 2.30. The van der Waals surface area contributed by atoms with Gasteiger partial charge >= 0.3 is 0 Å². The van der Waals surface area contributed by atoms with Gasteiger partial charge in [-0.3, -0.25) is 4.98 Å². The van der Waals surface area contributed by atoms with E-state index in [2.05, 4.69) is 47.1 Å². The summed E-state index contributed by atoms with van der Waals surface area (Å²) < 4.78 is 1.94. The summed E-state index contributed by atoms with van der Waals surface area (Å²) in [5, 5.41) is 4.42. The first-order valence-electron chi connectivity index (χ1n) is 6.07. The van der Waals surface area contributed by atoms with Crippen molar-refractivity contribution in [1.29, 1.82) is 0 Å². The van der Waals surface area contributed by atoms with Crippen LogP contribution < -0.4 is 5.32 Å². The first-order valence-corrected chi connectivity index (χ1v) is 7.66. The second-order valence-electron chi connectivity index (χ2n) is 4.45. The van der Waals surface area contributed by atoms with Crippen LogP contribution in [0.5, 0.6) is 0 Å². The minimum Gasteiger partial charge on any atom is -0.338 e. The number of pyridine rings is 2. The lowest BCUT2D eigenvalue weighted by Crippen LogP contribution is -1.97. The van der Waals surface area contributed by atoms with Crippen LogP contribution in [-0.2, 0) is 0 Å². The monoisotopic (exact) mass is 391 g/mol. The molecule has 0 saturated heterocycles. The molecule has 0 radical (unpaired) electrons. The number of anilines is 2. The van der Waals surface area contributed by atoms with Crippen LogP contribution in [0.4, 0.5) is 11.5 Å². The van der Waals surface area contributed by atoms with Crippen LogP contribution in [0, 0.1) is 6.92 Å². The fourth-order valence-corrected chi connectivity index (χ4v) is 2.67. The van der Waals surface area contributed by atoms with E-state index in [4.69, 9.17) is 0 Å². The molecule has 1 aromatic carbocycles. The molecule has 0 aliphatic carbocycles. The minimum atomic E-state index is 0.794. The SMILES string of the molecule is Cc1ccnc(Nc2cccc3cc(Br)cnc23)c1Br. The maximum absolute atomic E-state index is 4.48. The van der Waals surface area contributed by atoms with Crippen molar-refractivity contribution in [2.75, 3.05) is 5.32 Å². The van der Waals surface area contributed by atoms with Gasteiger partial charge in [0, 0.05) is 22.3 Å². The molecule has 0 aliphatic rings. The largest absolute Gasteiger partial charge is 0.338 e. The van der Waals surface area contributed by atoms with E-state index < -0.39 is 0 Å². The molecule has 0 saturated carbocycles. The van der Waals surface area contributed by atoms with Crippen LogP contribution >= 0.6 is 31.9 Å². The molecule has 0 fully saturated rings. The fraction of sp³-hybridized carbons (Fsp3) is 0.0667. The second-order valence-corrected chi connectivity index (χ2v) is 6.15. The van der Waals surface area contributed by atoms with Crippen LogP contribution in [0.1, 0.15) is 5.56 Å². The third kappa shape index (κ3) is 2.55. The van der Waals surface area contributed by atoms with Crippen molar-refractivity contribution in [2.24, 2.45) is 0 Å². The highest BCUT2D eigenvalue weighted by molar-refractivity contribution is 9.11. The highest BCUT2D eigenvalue weighted by Gasteiger charge is 2.07. The Balaban J connectivity index is 2.09. The number of aryl methyl sites for hydroxylation is 1. The number of fused-ring (bicyclic) bond motifs is 1. The maximum Gasteiger partial charge on any atom is 0.144 e. The van der Waals surface area contributed by atoms with Gasteiger partial charge in [-0.15, -0.1) is 0 Å². The lowest BCUT2D eigenvalue weighted by Gasteiger charge is -2.11. The summed E-state index contributed by atoms with van der Waals surface area (Å²) in [6.45, 7) is 2.04. The molecule has 3 aromatic rings. The number of halogens is 2. The summed E-state index contributed by atoms with van der Waals surface area (Å²) >= 11 is 7.00. The molecule has 5 heteroatoms. The lowest BCUT2D eigenvalue weighted by molar-refractivity contribution is 1.25. The zero-order chi connectivity index (χ0) is 14.1. The van der Waals surface area contributed by atoms with Crippen LogP contribution in [0.2, 0.25) is 0 Å². The average molecular weight is 393 g/mol. The number of hydrogen-bond acceptors (Lipinski definition) is 3. The smallest absolute Gasteiger partial charge is 0.144 e. The van der Waals surface area contributed by atoms with Crippen molar-refractivity contribution in [3.63, 3.8) is 0 Å². The van der Waals surface area contributed by atoms with Crippen molar-refractivity contribution in [3.05, 3.63) is 57.2 Å². The summed E-state index contributed by atoms with van der Waals surface area (Å²) in [7, 11) is 0. The van der Waals surface area contributed by atoms with Crippen LogP contribution in [0.3, 0.4) is 0 Å². The molecule has 1 N–H and O–H groups in total. The molecule has 3 nitrogen and oxygen atoms in total. The van der Waals surface area contributed by atoms with E-state index in [1.807, 2.05) is 37.3 Å². The Kier molecular flexibility index (Phi) is 3.72. The van der Waals surface area contributed by atoms with Gasteiger partial charge in [0.05, 0.1) is 15.7 Å². The molecule has 0 bridgehead atoms. The van der Waals surface area contributed by atoms with Crippen molar-refractivity contribution >= 4 is 54.3 Å². The van der Waals surface area contributed by atoms with Gasteiger partial charge in [-0.25, -0.2) is 4.98 Å². The Morgan fingerprint density at radius 1 is 1.10 bits per heavy atom. The van der Waals surface area contributed by atoms with Gasteiger partial charge in [0.25, 0.3) is 0 Å². The van der Waals surface area contributed by atoms with E-state index >= 15 is 0 Å². The topological polar surface area (TPSA) is 37.8 Å². The number of benzene rings is 1. The molecular formula is C15H11Br2N3. The van der Waals surface area contributed by atoms with Crippen LogP contribution in [-0.4, -0.2) is 9.97 Å². The standard InChI is InChI=1S/C15H11Br2N3/c1-9-5-6-18-15(13(9)17)20-12-4-2-3-10-7-11(16)8-19-14(10)12/h2-8H,1H3,(H,18,20). The molecule has 0 unspecified atom stereocenters. The third-order valence-electron chi connectivity index (χ3n) is 3.01. The van der Waals surface area contributed by atoms with Gasteiger partial charge < -0.3 is 5.32 Å². The molecule has 0 aliphatic heterocycles. The third-order valence-corrected chi connectivity index (χ3v) is 4.45. The van der Waals surface area contributed by atoms with Crippen molar-refractivity contribution in [3.8, 4) is 0 Å². The van der Waals surface area contributed by atoms with Crippen LogP contribution in [0.15, 0.2) is 51.7 Å². The predicted octanol–water partition coefficient (Wildman–Crippen LogP) is 5.21. The van der Waals surface area contributed by atoms with Crippen molar-refractivity contribution in [2.45, 2.75) is 6.92 Å². The predicted molar refractivity (Wildman–Crippen MR) is 89.4 cm³/mol. The number of rotatable bonds is 2. The van der Waals surface area contributed by atoms with Crippen LogP contribution in [0.25, 0.3) is 10.9 Å². The Hall–Kier alpha value is -1.46. The number of nitrogens with zero attached hydrogens (tertiary/aromatic N) is 2. The summed E-state index contributed by atoms with van der Waals surface area (Å²) in [5.74, 6) is 0.794. The molecule has 100 valence electrons. The van der Waals surface area contributed by atoms with Crippen molar-refractivity contribution in [1.82, 2.24) is 9.97 Å². The quantitative estimate of drug-likeness (QED) is 0.650. The summed E-state index contributed by atoms with van der Waals surface area (Å²) in [5.41, 5.74) is 3.00. The van der Waals surface area contributed by atoms with E-state index in [0.29, 0.717) is 0 Å². The second kappa shape index (κ2) is 5.50. The Bertz CT molecular complexity index is 787. The summed E-state index contributed by atoms with van der Waals surface area (Å²) in [4.78, 5) is 8.84. The maximum atomic E-state index is 4.48. The van der Waals surface area contributed by atoms with Gasteiger partial charge in [0.2, 0.25) is 0 Å². The van der Waals surface area contributed by atoms with Gasteiger partial charge in [-0.2, -0.15) is 0 Å². The first kappa shape index (κ1) is 13.5. The van der Waals surface area contributed by atoms with E-state index in [9.17, 15) is 0 Å². The number of aromatic nitrogens is 2. The van der Waals surface area contributed by atoms with Gasteiger partial charge in [-0.05, 0) is 62.5 Å². The van der Waals surface area contributed by atoms with E-state index in [1.165, 1.54) is 0 Å². The number of nitrogens with one attached hydrogen (secondary N) is 1. The Morgan fingerprint density at radius 2 is 1.95 bits per heavy atom. The Labute approximate surface area is 133 Å². The van der Waals surface area contributed by atoms with E-state index in [-0.39, 0.29) is 0 Å². The molecule has 2 aromatic heterocycles. The summed E-state index contributed by atoms with van der Waals surface area (Å²) in [6, 6.07) is 10.1. The van der Waals surface area contributed by atoms with E-state index in [1.54, 1.807) is 12.4 Å². The Morgan fingerprint density at radius 3 is 2.80 bits per heavy atom. The molecule has 0 atom stereocenters. The van der Waals surface area contributed by atoms with Gasteiger partial charge in [0.1, 0.15) is 5.82 Å².